The molecular weight excluding hydrogens is 382 g/mol. The number of para-hydroxylation sites is 2. The molecule has 2 aromatic carbocycles. The number of methoxy groups -OCH3 is 1. The van der Waals surface area contributed by atoms with Crippen LogP contribution in [0.15, 0.2) is 53.3 Å². The summed E-state index contributed by atoms with van der Waals surface area (Å²) in [5, 5.41) is 3.40. The fourth-order valence-corrected chi connectivity index (χ4v) is 4.30. The molecule has 0 atom stereocenters. The van der Waals surface area contributed by atoms with Crippen molar-refractivity contribution in [2.75, 3.05) is 7.11 Å². The van der Waals surface area contributed by atoms with E-state index in [9.17, 15) is 9.59 Å². The fraction of sp³-hybridized carbons (Fsp3) is 0.105. The molecule has 0 unspecified atom stereocenters. The lowest BCUT2D eigenvalue weighted by molar-refractivity contribution is 0.0956. The third-order valence-electron chi connectivity index (χ3n) is 4.27. The fourth-order valence-electron chi connectivity index (χ4n) is 3.00. The highest BCUT2D eigenvalue weighted by Gasteiger charge is 2.18. The number of hydrogen-bond acceptors (Lipinski definition) is 5. The van der Waals surface area contributed by atoms with E-state index >= 15 is 0 Å². The second-order valence-electron chi connectivity index (χ2n) is 5.85. The molecule has 2 aromatic heterocycles. The number of H-pyrrole nitrogens is 1. The van der Waals surface area contributed by atoms with E-state index in [-0.39, 0.29) is 11.5 Å². The van der Waals surface area contributed by atoms with Gasteiger partial charge in [-0.25, -0.2) is 0 Å². The lowest BCUT2D eigenvalue weighted by atomic mass is 10.2. The average Bonchev–Trinajstić information content (AvgIpc) is 3.03. The van der Waals surface area contributed by atoms with E-state index in [2.05, 4.69) is 10.3 Å². The number of carbonyl (C=O) groups excluding carboxylic acids is 1. The number of nitrogens with one attached hydrogen (secondary N) is 2. The van der Waals surface area contributed by atoms with Crippen LogP contribution in [0.25, 0.3) is 16.6 Å². The number of nitrogens with zero attached hydrogens (tertiary/aromatic N) is 1. The highest BCUT2D eigenvalue weighted by Crippen LogP contribution is 2.23. The predicted molar refractivity (Wildman–Crippen MR) is 108 cm³/mol. The Morgan fingerprint density at radius 1 is 1.22 bits per heavy atom. The van der Waals surface area contributed by atoms with Gasteiger partial charge in [0, 0.05) is 12.1 Å². The van der Waals surface area contributed by atoms with Gasteiger partial charge in [-0.1, -0.05) is 41.7 Å². The van der Waals surface area contributed by atoms with Crippen LogP contribution < -0.4 is 15.6 Å². The number of hydrogen-bond donors (Lipinski definition) is 2. The van der Waals surface area contributed by atoms with E-state index in [1.165, 1.54) is 11.3 Å². The SMILES string of the molecule is COc1ccccc1CNC(=O)c1sc(=S)n2c1[nH]c(=O)c1ccccc12. The quantitative estimate of drug-likeness (QED) is 0.517. The number of carbonyl (C=O) groups is 1. The van der Waals surface area contributed by atoms with Crippen LogP contribution in [0.2, 0.25) is 0 Å². The average molecular weight is 397 g/mol. The lowest BCUT2D eigenvalue weighted by Gasteiger charge is -2.09. The first-order valence-corrected chi connectivity index (χ1v) is 9.39. The van der Waals surface area contributed by atoms with Crippen LogP contribution in [-0.4, -0.2) is 22.4 Å². The van der Waals surface area contributed by atoms with Crippen molar-refractivity contribution < 1.29 is 9.53 Å². The maximum absolute atomic E-state index is 12.8. The zero-order valence-electron chi connectivity index (χ0n) is 14.3. The van der Waals surface area contributed by atoms with E-state index in [1.807, 2.05) is 36.4 Å². The highest BCUT2D eigenvalue weighted by atomic mass is 32.1. The van der Waals surface area contributed by atoms with E-state index in [4.69, 9.17) is 17.0 Å². The summed E-state index contributed by atoms with van der Waals surface area (Å²) in [5.74, 6) is 0.400. The van der Waals surface area contributed by atoms with Gasteiger partial charge in [-0.2, -0.15) is 0 Å². The van der Waals surface area contributed by atoms with Gasteiger partial charge in [0.2, 0.25) is 0 Å². The second kappa shape index (κ2) is 6.98. The second-order valence-corrected chi connectivity index (χ2v) is 7.49. The van der Waals surface area contributed by atoms with Crippen molar-refractivity contribution in [2.45, 2.75) is 6.54 Å². The van der Waals surface area contributed by atoms with Gasteiger partial charge in [0.1, 0.15) is 16.3 Å². The number of rotatable bonds is 4. The zero-order valence-corrected chi connectivity index (χ0v) is 15.9. The zero-order chi connectivity index (χ0) is 19.0. The summed E-state index contributed by atoms with van der Waals surface area (Å²) in [7, 11) is 1.59. The standard InChI is InChI=1S/C19H15N3O3S2/c1-25-14-9-5-2-6-11(14)10-20-18(24)15-16-21-17(23)12-7-3-4-8-13(12)22(16)19(26)27-15/h2-9H,10H2,1H3,(H,20,24)(H,21,23). The molecule has 0 spiro atoms. The first-order valence-electron chi connectivity index (χ1n) is 8.17. The predicted octanol–water partition coefficient (Wildman–Crippen LogP) is 3.51. The molecule has 0 radical (unpaired) electrons. The van der Waals surface area contributed by atoms with Crippen molar-refractivity contribution in [3.8, 4) is 5.75 Å². The molecule has 27 heavy (non-hydrogen) atoms. The molecule has 8 heteroatoms. The molecule has 0 bridgehead atoms. The van der Waals surface area contributed by atoms with E-state index in [1.54, 1.807) is 23.6 Å². The van der Waals surface area contributed by atoms with Crippen molar-refractivity contribution in [2.24, 2.45) is 0 Å². The Kier molecular flexibility index (Phi) is 4.51. The van der Waals surface area contributed by atoms with Crippen LogP contribution >= 0.6 is 23.6 Å². The molecule has 4 rings (SSSR count). The number of aromatic amines is 1. The number of fused-ring (bicyclic) bond motifs is 3. The Balaban J connectivity index is 1.75. The van der Waals surface area contributed by atoms with Crippen molar-refractivity contribution in [3.05, 3.63) is 73.3 Å². The van der Waals surface area contributed by atoms with Gasteiger partial charge < -0.3 is 15.0 Å². The molecular formula is C19H15N3O3S2. The first-order chi connectivity index (χ1) is 13.1. The van der Waals surface area contributed by atoms with E-state index in [0.29, 0.717) is 37.7 Å². The van der Waals surface area contributed by atoms with Crippen LogP contribution in [0.5, 0.6) is 5.75 Å². The molecule has 0 aliphatic heterocycles. The summed E-state index contributed by atoms with van der Waals surface area (Å²) in [6, 6.07) is 14.6. The molecule has 136 valence electrons. The number of benzene rings is 2. The van der Waals surface area contributed by atoms with Gasteiger partial charge in [-0.05, 0) is 30.4 Å². The van der Waals surface area contributed by atoms with Crippen molar-refractivity contribution in [1.82, 2.24) is 14.7 Å². The Morgan fingerprint density at radius 3 is 2.78 bits per heavy atom. The third-order valence-corrected chi connectivity index (χ3v) is 5.64. The Labute approximate surface area is 163 Å². The minimum atomic E-state index is -0.301. The maximum Gasteiger partial charge on any atom is 0.265 e. The Hall–Kier alpha value is -2.97. The van der Waals surface area contributed by atoms with Crippen LogP contribution in [0.1, 0.15) is 15.2 Å². The topological polar surface area (TPSA) is 75.6 Å². The molecule has 0 aliphatic carbocycles. The number of thiazole rings is 1. The van der Waals surface area contributed by atoms with Gasteiger partial charge in [0.25, 0.3) is 11.5 Å². The van der Waals surface area contributed by atoms with E-state index in [0.717, 1.165) is 5.56 Å². The molecule has 0 saturated carbocycles. The minimum absolute atomic E-state index is 0.253. The normalized spacial score (nSPS) is 11.0. The summed E-state index contributed by atoms with van der Waals surface area (Å²) in [4.78, 5) is 28.3. The molecule has 0 saturated heterocycles. The van der Waals surface area contributed by atoms with Crippen molar-refractivity contribution in [3.63, 3.8) is 0 Å². The largest absolute Gasteiger partial charge is 0.496 e. The molecule has 6 nitrogen and oxygen atoms in total. The smallest absolute Gasteiger partial charge is 0.265 e. The van der Waals surface area contributed by atoms with Crippen molar-refractivity contribution >= 4 is 46.0 Å². The number of aromatic nitrogens is 2. The van der Waals surface area contributed by atoms with Crippen LogP contribution in [0.3, 0.4) is 0 Å². The van der Waals surface area contributed by atoms with Gasteiger partial charge >= 0.3 is 0 Å². The number of ether oxygens (including phenoxy) is 1. The molecule has 2 heterocycles. The molecule has 4 aromatic rings. The molecule has 2 N–H and O–H groups in total. The summed E-state index contributed by atoms with van der Waals surface area (Å²) < 4.78 is 7.54. The highest BCUT2D eigenvalue weighted by molar-refractivity contribution is 7.73. The van der Waals surface area contributed by atoms with Crippen LogP contribution in [-0.2, 0) is 6.54 Å². The summed E-state index contributed by atoms with van der Waals surface area (Å²) in [6.45, 7) is 0.303. The minimum Gasteiger partial charge on any atom is -0.496 e. The van der Waals surface area contributed by atoms with Gasteiger partial charge in [0.05, 0.1) is 18.0 Å². The molecule has 0 aliphatic rings. The van der Waals surface area contributed by atoms with Gasteiger partial charge in [-0.3, -0.25) is 14.0 Å². The van der Waals surface area contributed by atoms with Crippen LogP contribution in [0, 0.1) is 3.95 Å². The first kappa shape index (κ1) is 17.4. The Morgan fingerprint density at radius 2 is 1.96 bits per heavy atom. The summed E-state index contributed by atoms with van der Waals surface area (Å²) in [6.07, 6.45) is 0. The third kappa shape index (κ3) is 3.02. The van der Waals surface area contributed by atoms with Gasteiger partial charge in [-0.15, -0.1) is 0 Å². The number of amides is 1. The molecule has 1 amide bonds. The van der Waals surface area contributed by atoms with Crippen molar-refractivity contribution in [1.29, 1.82) is 0 Å². The van der Waals surface area contributed by atoms with Crippen LogP contribution in [0.4, 0.5) is 0 Å². The summed E-state index contributed by atoms with van der Waals surface area (Å²) in [5.41, 5.74) is 1.70. The van der Waals surface area contributed by atoms with Gasteiger partial charge in [0.15, 0.2) is 3.95 Å². The lowest BCUT2D eigenvalue weighted by Crippen LogP contribution is -2.23. The monoisotopic (exact) mass is 397 g/mol. The summed E-state index contributed by atoms with van der Waals surface area (Å²) >= 11 is 6.61. The Bertz CT molecular complexity index is 1290. The molecule has 0 fully saturated rings. The van der Waals surface area contributed by atoms with E-state index < -0.39 is 0 Å². The maximum atomic E-state index is 12.8.